The number of halogens is 3. The van der Waals surface area contributed by atoms with Crippen molar-refractivity contribution in [3.63, 3.8) is 0 Å². The zero-order valence-electron chi connectivity index (χ0n) is 13.5. The molecular weight excluding hydrogens is 335 g/mol. The molecule has 2 heterocycles. The zero-order valence-corrected chi connectivity index (χ0v) is 13.5. The number of nitrogens with one attached hydrogen (secondary N) is 1. The summed E-state index contributed by atoms with van der Waals surface area (Å²) in [6.45, 7) is 1.73. The van der Waals surface area contributed by atoms with E-state index >= 15 is 0 Å². The number of ether oxygens (including phenoxy) is 1. The summed E-state index contributed by atoms with van der Waals surface area (Å²) in [5.41, 5.74) is 5.94. The molecule has 0 radical (unpaired) electrons. The van der Waals surface area contributed by atoms with E-state index < -0.39 is 17.8 Å². The highest BCUT2D eigenvalue weighted by atomic mass is 19.4. The van der Waals surface area contributed by atoms with Crippen molar-refractivity contribution in [1.82, 2.24) is 14.6 Å². The van der Waals surface area contributed by atoms with Crippen LogP contribution in [-0.4, -0.2) is 21.7 Å². The first-order chi connectivity index (χ1) is 11.8. The van der Waals surface area contributed by atoms with Gasteiger partial charge in [0.15, 0.2) is 5.82 Å². The summed E-state index contributed by atoms with van der Waals surface area (Å²) in [5, 5.41) is 7.16. The molecule has 132 valence electrons. The van der Waals surface area contributed by atoms with Crippen molar-refractivity contribution < 1.29 is 17.9 Å². The van der Waals surface area contributed by atoms with Gasteiger partial charge in [-0.3, -0.25) is 0 Å². The average molecular weight is 351 g/mol. The van der Waals surface area contributed by atoms with E-state index in [1.807, 2.05) is 0 Å². The molecule has 1 aromatic carbocycles. The molecule has 0 saturated carbocycles. The molecule has 25 heavy (non-hydrogen) atoms. The van der Waals surface area contributed by atoms with Gasteiger partial charge in [-0.1, -0.05) is 0 Å². The number of nitrogens with two attached hydrogens (primary N) is 1. The summed E-state index contributed by atoms with van der Waals surface area (Å²) in [5.74, 6) is 1.07. The number of hydrogen-bond donors (Lipinski definition) is 2. The first kappa shape index (κ1) is 16.9. The summed E-state index contributed by atoms with van der Waals surface area (Å²) in [7, 11) is 1.53. The first-order valence-corrected chi connectivity index (χ1v) is 7.39. The maximum Gasteiger partial charge on any atom is 0.416 e. The number of rotatable bonds is 4. The number of nitrogens with zero attached hydrogens (tertiary/aromatic N) is 3. The smallest absolute Gasteiger partial charge is 0.416 e. The van der Waals surface area contributed by atoms with E-state index in [-0.39, 0.29) is 5.69 Å². The van der Waals surface area contributed by atoms with Gasteiger partial charge in [-0.15, -0.1) is 0 Å². The second kappa shape index (κ2) is 6.15. The molecule has 3 aromatic rings. The van der Waals surface area contributed by atoms with Crippen LogP contribution in [0.1, 0.15) is 24.1 Å². The fourth-order valence-electron chi connectivity index (χ4n) is 2.51. The number of hydrogen-bond acceptors (Lipinski definition) is 5. The molecule has 0 aliphatic heterocycles. The molecule has 0 bridgehead atoms. The highest BCUT2D eigenvalue weighted by Gasteiger charge is 2.31. The molecule has 2 aromatic heterocycles. The number of alkyl halides is 3. The topological polar surface area (TPSA) is 77.5 Å². The fraction of sp³-hybridized carbons (Fsp3) is 0.250. The van der Waals surface area contributed by atoms with Crippen LogP contribution in [0.25, 0.3) is 5.52 Å². The zero-order chi connectivity index (χ0) is 18.2. The molecule has 6 nitrogen and oxygen atoms in total. The van der Waals surface area contributed by atoms with Gasteiger partial charge in [-0.05, 0) is 30.7 Å². The minimum absolute atomic E-state index is 0.0515. The Morgan fingerprint density at radius 3 is 2.68 bits per heavy atom. The van der Waals surface area contributed by atoms with E-state index in [9.17, 15) is 13.2 Å². The van der Waals surface area contributed by atoms with E-state index in [0.717, 1.165) is 12.1 Å². The van der Waals surface area contributed by atoms with Gasteiger partial charge >= 0.3 is 6.18 Å². The molecule has 1 unspecified atom stereocenters. The van der Waals surface area contributed by atoms with Crippen LogP contribution in [0.2, 0.25) is 0 Å². The number of aromatic nitrogens is 3. The van der Waals surface area contributed by atoms with E-state index in [1.165, 1.54) is 19.5 Å². The standard InChI is InChI=1S/C16H16F3N5O/c1-9(10-3-11(16(17,18)19)5-12(20)4-10)23-15-14-6-13(25-2)7-24(14)22-8-21-15/h3-9H,20H2,1-2H3,(H,21,22,23). The van der Waals surface area contributed by atoms with Gasteiger partial charge in [0.2, 0.25) is 0 Å². The van der Waals surface area contributed by atoms with Gasteiger partial charge in [0.25, 0.3) is 0 Å². The highest BCUT2D eigenvalue weighted by Crippen LogP contribution is 2.33. The number of methoxy groups -OCH3 is 1. The molecule has 3 N–H and O–H groups in total. The first-order valence-electron chi connectivity index (χ1n) is 7.39. The van der Waals surface area contributed by atoms with Crippen molar-refractivity contribution in [3.05, 3.63) is 47.9 Å². The Labute approximate surface area is 141 Å². The lowest BCUT2D eigenvalue weighted by molar-refractivity contribution is -0.137. The third kappa shape index (κ3) is 3.44. The van der Waals surface area contributed by atoms with E-state index in [2.05, 4.69) is 15.4 Å². The maximum absolute atomic E-state index is 13.0. The van der Waals surface area contributed by atoms with E-state index in [0.29, 0.717) is 22.6 Å². The Balaban J connectivity index is 1.94. The van der Waals surface area contributed by atoms with Crippen LogP contribution in [0.4, 0.5) is 24.7 Å². The molecule has 9 heteroatoms. The summed E-state index contributed by atoms with van der Waals surface area (Å²) < 4.78 is 45.6. The van der Waals surface area contributed by atoms with Gasteiger partial charge in [-0.2, -0.15) is 18.3 Å². The largest absolute Gasteiger partial charge is 0.495 e. The number of anilines is 2. The second-order valence-electron chi connectivity index (χ2n) is 5.57. The van der Waals surface area contributed by atoms with Crippen LogP contribution in [0.3, 0.4) is 0 Å². The Bertz CT molecular complexity index is 906. The lowest BCUT2D eigenvalue weighted by Gasteiger charge is -2.18. The lowest BCUT2D eigenvalue weighted by Crippen LogP contribution is -2.12. The molecule has 3 rings (SSSR count). The molecule has 0 amide bonds. The second-order valence-corrected chi connectivity index (χ2v) is 5.57. The highest BCUT2D eigenvalue weighted by molar-refractivity contribution is 5.70. The molecule has 1 atom stereocenters. The Hall–Kier alpha value is -2.97. The molecule has 0 aliphatic carbocycles. The Kier molecular flexibility index (Phi) is 4.15. The summed E-state index contributed by atoms with van der Waals surface area (Å²) >= 11 is 0. The van der Waals surface area contributed by atoms with E-state index in [1.54, 1.807) is 23.7 Å². The van der Waals surface area contributed by atoms with Crippen LogP contribution in [0, 0.1) is 0 Å². The predicted octanol–water partition coefficient (Wildman–Crippen LogP) is 3.51. The van der Waals surface area contributed by atoms with Crippen molar-refractivity contribution in [1.29, 1.82) is 0 Å². The fourth-order valence-corrected chi connectivity index (χ4v) is 2.51. The van der Waals surface area contributed by atoms with Gasteiger partial charge in [-0.25, -0.2) is 9.50 Å². The SMILES string of the molecule is COc1cc2c(NC(C)c3cc(N)cc(C(F)(F)F)c3)ncnn2c1. The van der Waals surface area contributed by atoms with Gasteiger partial charge < -0.3 is 15.8 Å². The van der Waals surface area contributed by atoms with Crippen molar-refractivity contribution in [2.45, 2.75) is 19.1 Å². The predicted molar refractivity (Wildman–Crippen MR) is 87.4 cm³/mol. The van der Waals surface area contributed by atoms with Gasteiger partial charge in [0.1, 0.15) is 17.6 Å². The van der Waals surface area contributed by atoms with Crippen molar-refractivity contribution >= 4 is 17.0 Å². The van der Waals surface area contributed by atoms with Gasteiger partial charge in [0.05, 0.1) is 24.9 Å². The minimum Gasteiger partial charge on any atom is -0.495 e. The third-order valence-electron chi connectivity index (χ3n) is 3.77. The lowest BCUT2D eigenvalue weighted by atomic mass is 10.0. The molecule has 0 spiro atoms. The maximum atomic E-state index is 13.0. The van der Waals surface area contributed by atoms with Crippen LogP contribution >= 0.6 is 0 Å². The van der Waals surface area contributed by atoms with Crippen LogP contribution in [0.5, 0.6) is 5.75 Å². The third-order valence-corrected chi connectivity index (χ3v) is 3.77. The average Bonchev–Trinajstić information content (AvgIpc) is 2.97. The van der Waals surface area contributed by atoms with Crippen molar-refractivity contribution in [3.8, 4) is 5.75 Å². The van der Waals surface area contributed by atoms with E-state index in [4.69, 9.17) is 10.5 Å². The van der Waals surface area contributed by atoms with Crippen molar-refractivity contribution in [2.24, 2.45) is 0 Å². The Morgan fingerprint density at radius 2 is 2.00 bits per heavy atom. The van der Waals surface area contributed by atoms with Gasteiger partial charge in [0, 0.05) is 11.8 Å². The van der Waals surface area contributed by atoms with Crippen LogP contribution < -0.4 is 15.8 Å². The molecule has 0 saturated heterocycles. The molecular formula is C16H16F3N5O. The monoisotopic (exact) mass is 351 g/mol. The number of nitrogen functional groups attached to an aromatic ring is 1. The molecule has 0 fully saturated rings. The summed E-state index contributed by atoms with van der Waals surface area (Å²) in [6.07, 6.45) is -1.43. The molecule has 0 aliphatic rings. The Morgan fingerprint density at radius 1 is 1.24 bits per heavy atom. The summed E-state index contributed by atoms with van der Waals surface area (Å²) in [4.78, 5) is 4.16. The van der Waals surface area contributed by atoms with Crippen LogP contribution in [-0.2, 0) is 6.18 Å². The number of benzene rings is 1. The van der Waals surface area contributed by atoms with Crippen LogP contribution in [0.15, 0.2) is 36.8 Å². The number of fused-ring (bicyclic) bond motifs is 1. The minimum atomic E-state index is -4.46. The summed E-state index contributed by atoms with van der Waals surface area (Å²) in [6, 6.07) is 4.77. The van der Waals surface area contributed by atoms with Crippen molar-refractivity contribution in [2.75, 3.05) is 18.2 Å². The normalized spacial score (nSPS) is 13.0. The quantitative estimate of drug-likeness (QED) is 0.704.